The standard InChI is InChI=1S/C16H16ClF2N/c1-2-7-20-10-11-3-4-12(17)8-15(11)14-6-5-13(18)9-16(14)19/h3-6,8-9,20H,2,7,10H2,1H3. The fourth-order valence-corrected chi connectivity index (χ4v) is 2.23. The minimum atomic E-state index is -0.584. The monoisotopic (exact) mass is 295 g/mol. The van der Waals surface area contributed by atoms with Crippen LogP contribution < -0.4 is 5.32 Å². The van der Waals surface area contributed by atoms with E-state index < -0.39 is 11.6 Å². The van der Waals surface area contributed by atoms with Gasteiger partial charge in [0.1, 0.15) is 11.6 Å². The predicted octanol–water partition coefficient (Wildman–Crippen LogP) is 4.78. The summed E-state index contributed by atoms with van der Waals surface area (Å²) in [6, 6.07) is 8.93. The Hall–Kier alpha value is -1.45. The van der Waals surface area contributed by atoms with Crippen LogP contribution in [-0.4, -0.2) is 6.54 Å². The van der Waals surface area contributed by atoms with E-state index in [9.17, 15) is 8.78 Å². The van der Waals surface area contributed by atoms with Crippen LogP contribution in [0.3, 0.4) is 0 Å². The van der Waals surface area contributed by atoms with Crippen molar-refractivity contribution in [2.45, 2.75) is 19.9 Å². The van der Waals surface area contributed by atoms with E-state index >= 15 is 0 Å². The van der Waals surface area contributed by atoms with E-state index in [0.717, 1.165) is 24.6 Å². The van der Waals surface area contributed by atoms with Gasteiger partial charge >= 0.3 is 0 Å². The maximum atomic E-state index is 13.9. The predicted molar refractivity (Wildman–Crippen MR) is 78.8 cm³/mol. The average Bonchev–Trinajstić information content (AvgIpc) is 2.41. The normalized spacial score (nSPS) is 10.8. The zero-order valence-electron chi connectivity index (χ0n) is 11.2. The molecule has 0 spiro atoms. The third kappa shape index (κ3) is 3.56. The van der Waals surface area contributed by atoms with Crippen molar-refractivity contribution in [2.24, 2.45) is 0 Å². The van der Waals surface area contributed by atoms with Crippen LogP contribution >= 0.6 is 11.6 Å². The molecule has 0 atom stereocenters. The molecule has 2 aromatic rings. The van der Waals surface area contributed by atoms with Gasteiger partial charge < -0.3 is 5.32 Å². The smallest absolute Gasteiger partial charge is 0.133 e. The summed E-state index contributed by atoms with van der Waals surface area (Å²) in [5.74, 6) is -1.16. The summed E-state index contributed by atoms with van der Waals surface area (Å²) >= 11 is 5.99. The molecule has 20 heavy (non-hydrogen) atoms. The Morgan fingerprint density at radius 3 is 2.55 bits per heavy atom. The molecule has 0 aliphatic rings. The molecule has 2 rings (SSSR count). The van der Waals surface area contributed by atoms with Gasteiger partial charge in [0, 0.05) is 23.2 Å². The summed E-state index contributed by atoms with van der Waals surface area (Å²) in [6.07, 6.45) is 1.02. The van der Waals surface area contributed by atoms with Gasteiger partial charge in [0.05, 0.1) is 0 Å². The summed E-state index contributed by atoms with van der Waals surface area (Å²) < 4.78 is 26.9. The molecule has 1 N–H and O–H groups in total. The second-order valence-corrected chi connectivity index (χ2v) is 5.04. The Bertz CT molecular complexity index is 599. The number of halogens is 3. The molecule has 4 heteroatoms. The van der Waals surface area contributed by atoms with Crippen molar-refractivity contribution in [3.05, 3.63) is 58.6 Å². The maximum absolute atomic E-state index is 13.9. The summed E-state index contributed by atoms with van der Waals surface area (Å²) in [5, 5.41) is 3.80. The Balaban J connectivity index is 2.40. The van der Waals surface area contributed by atoms with Gasteiger partial charge in [0.15, 0.2) is 0 Å². The van der Waals surface area contributed by atoms with Gasteiger partial charge in [-0.1, -0.05) is 24.6 Å². The van der Waals surface area contributed by atoms with Gasteiger partial charge in [-0.2, -0.15) is 0 Å². The van der Waals surface area contributed by atoms with Crippen molar-refractivity contribution >= 4 is 11.6 Å². The lowest BCUT2D eigenvalue weighted by molar-refractivity contribution is 0.585. The second kappa shape index (κ2) is 6.82. The molecule has 0 saturated carbocycles. The zero-order valence-corrected chi connectivity index (χ0v) is 12.0. The summed E-state index contributed by atoms with van der Waals surface area (Å²) in [7, 11) is 0. The quantitative estimate of drug-likeness (QED) is 0.782. The third-order valence-corrected chi connectivity index (χ3v) is 3.27. The Labute approximate surface area is 122 Å². The molecule has 0 aliphatic heterocycles. The average molecular weight is 296 g/mol. The minimum absolute atomic E-state index is 0.363. The molecule has 0 unspecified atom stereocenters. The van der Waals surface area contributed by atoms with Crippen molar-refractivity contribution < 1.29 is 8.78 Å². The topological polar surface area (TPSA) is 12.0 Å². The highest BCUT2D eigenvalue weighted by Crippen LogP contribution is 2.29. The zero-order chi connectivity index (χ0) is 14.5. The molecule has 2 aromatic carbocycles. The van der Waals surface area contributed by atoms with E-state index in [-0.39, 0.29) is 0 Å². The Morgan fingerprint density at radius 1 is 1.05 bits per heavy atom. The lowest BCUT2D eigenvalue weighted by Gasteiger charge is -2.12. The molecule has 0 radical (unpaired) electrons. The van der Waals surface area contributed by atoms with Crippen LogP contribution in [0, 0.1) is 11.6 Å². The van der Waals surface area contributed by atoms with Crippen LogP contribution in [0.25, 0.3) is 11.1 Å². The van der Waals surface area contributed by atoms with Gasteiger partial charge in [0.25, 0.3) is 0 Å². The van der Waals surface area contributed by atoms with Crippen molar-refractivity contribution in [2.75, 3.05) is 6.54 Å². The molecule has 0 saturated heterocycles. The van der Waals surface area contributed by atoms with Crippen LogP contribution in [0.2, 0.25) is 5.02 Å². The van der Waals surface area contributed by atoms with Crippen LogP contribution in [-0.2, 0) is 6.54 Å². The number of hydrogen-bond acceptors (Lipinski definition) is 1. The van der Waals surface area contributed by atoms with E-state index in [1.807, 2.05) is 6.07 Å². The van der Waals surface area contributed by atoms with Gasteiger partial charge in [-0.05, 0) is 48.4 Å². The van der Waals surface area contributed by atoms with Gasteiger partial charge in [-0.15, -0.1) is 0 Å². The van der Waals surface area contributed by atoms with E-state index in [4.69, 9.17) is 11.6 Å². The van der Waals surface area contributed by atoms with Gasteiger partial charge in [-0.25, -0.2) is 8.78 Å². The van der Waals surface area contributed by atoms with E-state index in [1.165, 1.54) is 12.1 Å². The van der Waals surface area contributed by atoms with Crippen molar-refractivity contribution in [3.63, 3.8) is 0 Å². The molecular weight excluding hydrogens is 280 g/mol. The lowest BCUT2D eigenvalue weighted by atomic mass is 9.99. The van der Waals surface area contributed by atoms with Gasteiger partial charge in [-0.3, -0.25) is 0 Å². The number of benzene rings is 2. The van der Waals surface area contributed by atoms with Gasteiger partial charge in [0.2, 0.25) is 0 Å². The molecule has 0 amide bonds. The summed E-state index contributed by atoms with van der Waals surface area (Å²) in [6.45, 7) is 3.58. The van der Waals surface area contributed by atoms with Crippen molar-refractivity contribution in [3.8, 4) is 11.1 Å². The Kier molecular flexibility index (Phi) is 5.10. The minimum Gasteiger partial charge on any atom is -0.313 e. The molecule has 0 aromatic heterocycles. The number of nitrogens with one attached hydrogen (secondary N) is 1. The fraction of sp³-hybridized carbons (Fsp3) is 0.250. The van der Waals surface area contributed by atoms with Crippen LogP contribution in [0.4, 0.5) is 8.78 Å². The highest BCUT2D eigenvalue weighted by molar-refractivity contribution is 6.30. The van der Waals surface area contributed by atoms with E-state index in [0.29, 0.717) is 22.7 Å². The molecular formula is C16H16ClF2N. The number of rotatable bonds is 5. The molecule has 0 bridgehead atoms. The first-order valence-corrected chi connectivity index (χ1v) is 6.94. The summed E-state index contributed by atoms with van der Waals surface area (Å²) in [5.41, 5.74) is 1.99. The van der Waals surface area contributed by atoms with Crippen molar-refractivity contribution in [1.29, 1.82) is 0 Å². The first-order valence-electron chi connectivity index (χ1n) is 6.56. The Morgan fingerprint density at radius 2 is 1.85 bits per heavy atom. The SMILES string of the molecule is CCCNCc1ccc(Cl)cc1-c1ccc(F)cc1F. The summed E-state index contributed by atoms with van der Waals surface area (Å²) in [4.78, 5) is 0. The van der Waals surface area contributed by atoms with Crippen LogP contribution in [0.1, 0.15) is 18.9 Å². The van der Waals surface area contributed by atoms with Crippen LogP contribution in [0.5, 0.6) is 0 Å². The number of hydrogen-bond donors (Lipinski definition) is 1. The molecule has 0 aliphatic carbocycles. The largest absolute Gasteiger partial charge is 0.313 e. The van der Waals surface area contributed by atoms with Crippen LogP contribution in [0.15, 0.2) is 36.4 Å². The highest BCUT2D eigenvalue weighted by Gasteiger charge is 2.11. The first-order chi connectivity index (χ1) is 9.61. The molecule has 106 valence electrons. The second-order valence-electron chi connectivity index (χ2n) is 4.60. The third-order valence-electron chi connectivity index (χ3n) is 3.04. The molecule has 0 fully saturated rings. The van der Waals surface area contributed by atoms with E-state index in [2.05, 4.69) is 12.2 Å². The van der Waals surface area contributed by atoms with Crippen molar-refractivity contribution in [1.82, 2.24) is 5.32 Å². The molecule has 1 nitrogen and oxygen atoms in total. The maximum Gasteiger partial charge on any atom is 0.133 e. The first kappa shape index (κ1) is 14.9. The highest BCUT2D eigenvalue weighted by atomic mass is 35.5. The lowest BCUT2D eigenvalue weighted by Crippen LogP contribution is -2.14. The van der Waals surface area contributed by atoms with E-state index in [1.54, 1.807) is 12.1 Å². The molecule has 0 heterocycles. The fourth-order valence-electron chi connectivity index (χ4n) is 2.06.